The fourth-order valence-electron chi connectivity index (χ4n) is 2.05. The molecule has 0 saturated carbocycles. The summed E-state index contributed by atoms with van der Waals surface area (Å²) in [5, 5.41) is 6.38. The monoisotopic (exact) mass is 330 g/mol. The van der Waals surface area contributed by atoms with E-state index >= 15 is 0 Å². The third-order valence-corrected chi connectivity index (χ3v) is 3.27. The number of rotatable bonds is 6. The molecule has 0 atom stereocenters. The molecule has 1 aliphatic heterocycles. The van der Waals surface area contributed by atoms with E-state index in [0.29, 0.717) is 23.6 Å². The van der Waals surface area contributed by atoms with E-state index in [2.05, 4.69) is 10.5 Å². The normalized spacial score (nSPS) is 12.4. The maximum atomic E-state index is 12.7. The average Bonchev–Trinajstić information content (AvgIpc) is 3.06. The number of oxime groups is 1. The van der Waals surface area contributed by atoms with E-state index in [1.165, 1.54) is 18.3 Å². The first-order valence-corrected chi connectivity index (χ1v) is 7.27. The Hall–Kier alpha value is -3.09. The molecule has 0 spiro atoms. The highest BCUT2D eigenvalue weighted by molar-refractivity contribution is 5.79. The van der Waals surface area contributed by atoms with Crippen LogP contribution in [0, 0.1) is 5.82 Å². The van der Waals surface area contributed by atoms with Crippen molar-refractivity contribution in [2.45, 2.75) is 6.54 Å². The number of nitrogens with zero attached hydrogens (tertiary/aromatic N) is 1. The summed E-state index contributed by atoms with van der Waals surface area (Å²) >= 11 is 0. The number of amides is 1. The van der Waals surface area contributed by atoms with E-state index < -0.39 is 0 Å². The lowest BCUT2D eigenvalue weighted by Crippen LogP contribution is -2.26. The number of carbonyl (C=O) groups is 1. The van der Waals surface area contributed by atoms with Crippen LogP contribution in [0.25, 0.3) is 0 Å². The Bertz CT molecular complexity index is 747. The smallest absolute Gasteiger partial charge is 0.261 e. The van der Waals surface area contributed by atoms with Crippen LogP contribution >= 0.6 is 0 Å². The highest BCUT2D eigenvalue weighted by atomic mass is 19.1. The van der Waals surface area contributed by atoms with Crippen molar-refractivity contribution in [3.63, 3.8) is 0 Å². The number of nitrogens with one attached hydrogen (secondary N) is 1. The number of fused-ring (bicyclic) bond motifs is 1. The minimum absolute atomic E-state index is 0.206. The maximum absolute atomic E-state index is 12.7. The average molecular weight is 330 g/mol. The van der Waals surface area contributed by atoms with E-state index in [1.54, 1.807) is 18.2 Å². The molecule has 1 amide bonds. The number of hydrogen-bond donors (Lipinski definition) is 1. The third-order valence-electron chi connectivity index (χ3n) is 3.27. The van der Waals surface area contributed by atoms with Crippen molar-refractivity contribution in [2.24, 2.45) is 5.16 Å². The van der Waals surface area contributed by atoms with Crippen LogP contribution in [0.2, 0.25) is 0 Å². The van der Waals surface area contributed by atoms with Crippen LogP contribution in [-0.4, -0.2) is 25.5 Å². The number of hydrogen-bond acceptors (Lipinski definition) is 5. The molecule has 24 heavy (non-hydrogen) atoms. The van der Waals surface area contributed by atoms with Crippen molar-refractivity contribution in [1.82, 2.24) is 5.32 Å². The van der Waals surface area contributed by atoms with Crippen LogP contribution in [-0.2, 0) is 16.2 Å². The first kappa shape index (κ1) is 15.8. The van der Waals surface area contributed by atoms with Crippen molar-refractivity contribution < 1.29 is 23.5 Å². The summed E-state index contributed by atoms with van der Waals surface area (Å²) in [6.45, 7) is 0.355. The lowest BCUT2D eigenvalue weighted by Gasteiger charge is -2.05. The van der Waals surface area contributed by atoms with E-state index in [9.17, 15) is 9.18 Å². The van der Waals surface area contributed by atoms with Gasteiger partial charge in [-0.2, -0.15) is 0 Å². The molecule has 124 valence electrons. The molecule has 0 unspecified atom stereocenters. The van der Waals surface area contributed by atoms with Gasteiger partial charge >= 0.3 is 0 Å². The Balaban J connectivity index is 1.40. The Morgan fingerprint density at radius 2 is 2.00 bits per heavy atom. The van der Waals surface area contributed by atoms with Crippen LogP contribution in [0.1, 0.15) is 11.1 Å². The van der Waals surface area contributed by atoms with Crippen LogP contribution in [0.3, 0.4) is 0 Å². The summed E-state index contributed by atoms with van der Waals surface area (Å²) < 4.78 is 23.2. The topological polar surface area (TPSA) is 69.2 Å². The first-order valence-electron chi connectivity index (χ1n) is 7.27. The molecule has 0 radical (unpaired) electrons. The molecule has 0 bridgehead atoms. The highest BCUT2D eigenvalue weighted by Crippen LogP contribution is 2.32. The van der Waals surface area contributed by atoms with Gasteiger partial charge in [-0.25, -0.2) is 4.39 Å². The second-order valence-corrected chi connectivity index (χ2v) is 5.02. The van der Waals surface area contributed by atoms with Crippen LogP contribution in [0.5, 0.6) is 11.5 Å². The molecule has 1 N–H and O–H groups in total. The molecule has 0 saturated heterocycles. The molecule has 0 aliphatic carbocycles. The summed E-state index contributed by atoms with van der Waals surface area (Å²) in [5.41, 5.74) is 1.57. The summed E-state index contributed by atoms with van der Waals surface area (Å²) in [4.78, 5) is 16.6. The molecule has 7 heteroatoms. The quantitative estimate of drug-likeness (QED) is 0.651. The first-order chi connectivity index (χ1) is 11.7. The minimum atomic E-state index is -0.323. The largest absolute Gasteiger partial charge is 0.454 e. The molecule has 1 heterocycles. The molecule has 2 aromatic rings. The highest BCUT2D eigenvalue weighted by Gasteiger charge is 2.13. The lowest BCUT2D eigenvalue weighted by atomic mass is 10.2. The zero-order valence-electron chi connectivity index (χ0n) is 12.7. The van der Waals surface area contributed by atoms with E-state index in [0.717, 1.165) is 5.56 Å². The standard InChI is InChI=1S/C17H15FN2O4/c18-14-4-1-12(2-5-14)9-20-24-10-17(21)19-8-13-3-6-15-16(7-13)23-11-22-15/h1-7,9H,8,10-11H2,(H,19,21)/b20-9+. The zero-order valence-corrected chi connectivity index (χ0v) is 12.7. The summed E-state index contributed by atoms with van der Waals surface area (Å²) in [5.74, 6) is 0.741. The van der Waals surface area contributed by atoms with Gasteiger partial charge in [0.05, 0.1) is 6.21 Å². The molecule has 3 rings (SSSR count). The molecule has 2 aromatic carbocycles. The molecule has 0 fully saturated rings. The summed E-state index contributed by atoms with van der Waals surface area (Å²) in [6.07, 6.45) is 1.41. The van der Waals surface area contributed by atoms with Crippen LogP contribution in [0.15, 0.2) is 47.6 Å². The molecular formula is C17H15FN2O4. The van der Waals surface area contributed by atoms with E-state index in [4.69, 9.17) is 14.3 Å². The molecule has 0 aromatic heterocycles. The van der Waals surface area contributed by atoms with Crippen LogP contribution < -0.4 is 14.8 Å². The fraction of sp³-hybridized carbons (Fsp3) is 0.176. The second kappa shape index (κ2) is 7.45. The van der Waals surface area contributed by atoms with Gasteiger partial charge in [0.1, 0.15) is 5.82 Å². The van der Waals surface area contributed by atoms with Gasteiger partial charge in [0, 0.05) is 6.54 Å². The van der Waals surface area contributed by atoms with Crippen LogP contribution in [0.4, 0.5) is 4.39 Å². The van der Waals surface area contributed by atoms with E-state index in [1.807, 2.05) is 12.1 Å². The van der Waals surface area contributed by atoms with Crippen molar-refractivity contribution in [3.8, 4) is 11.5 Å². The molecular weight excluding hydrogens is 315 g/mol. The third kappa shape index (κ3) is 4.22. The van der Waals surface area contributed by atoms with Crippen molar-refractivity contribution >= 4 is 12.1 Å². The summed E-state index contributed by atoms with van der Waals surface area (Å²) in [6, 6.07) is 11.2. The van der Waals surface area contributed by atoms with Gasteiger partial charge in [-0.15, -0.1) is 0 Å². The predicted molar refractivity (Wildman–Crippen MR) is 84.4 cm³/mol. The van der Waals surface area contributed by atoms with Crippen molar-refractivity contribution in [1.29, 1.82) is 0 Å². The number of ether oxygens (including phenoxy) is 2. The van der Waals surface area contributed by atoms with Crippen molar-refractivity contribution in [2.75, 3.05) is 13.4 Å². The van der Waals surface area contributed by atoms with Gasteiger partial charge in [0.25, 0.3) is 5.91 Å². The van der Waals surface area contributed by atoms with Gasteiger partial charge in [-0.05, 0) is 35.4 Å². The number of halogens is 1. The molecule has 1 aliphatic rings. The Kier molecular flexibility index (Phi) is 4.90. The van der Waals surface area contributed by atoms with Gasteiger partial charge < -0.3 is 19.6 Å². The zero-order chi connectivity index (χ0) is 16.8. The Labute approximate surface area is 137 Å². The Morgan fingerprint density at radius 1 is 1.21 bits per heavy atom. The predicted octanol–water partition coefficient (Wildman–Crippen LogP) is 2.22. The van der Waals surface area contributed by atoms with Gasteiger partial charge in [0.15, 0.2) is 18.1 Å². The maximum Gasteiger partial charge on any atom is 0.261 e. The van der Waals surface area contributed by atoms with E-state index in [-0.39, 0.29) is 25.1 Å². The SMILES string of the molecule is O=C(CO/N=C/c1ccc(F)cc1)NCc1ccc2c(c1)OCO2. The van der Waals surface area contributed by atoms with Gasteiger partial charge in [-0.1, -0.05) is 23.4 Å². The second-order valence-electron chi connectivity index (χ2n) is 5.02. The number of carbonyl (C=O) groups excluding carboxylic acids is 1. The lowest BCUT2D eigenvalue weighted by molar-refractivity contribution is -0.125. The van der Waals surface area contributed by atoms with Gasteiger partial charge in [0.2, 0.25) is 6.79 Å². The fourth-order valence-corrected chi connectivity index (χ4v) is 2.05. The van der Waals surface area contributed by atoms with Crippen molar-refractivity contribution in [3.05, 3.63) is 59.4 Å². The minimum Gasteiger partial charge on any atom is -0.454 e. The molecule has 6 nitrogen and oxygen atoms in total. The Morgan fingerprint density at radius 3 is 2.83 bits per heavy atom. The number of benzene rings is 2. The summed E-state index contributed by atoms with van der Waals surface area (Å²) in [7, 11) is 0. The van der Waals surface area contributed by atoms with Gasteiger partial charge in [-0.3, -0.25) is 4.79 Å².